The summed E-state index contributed by atoms with van der Waals surface area (Å²) in [5.74, 6) is -0.322. The van der Waals surface area contributed by atoms with Gasteiger partial charge in [0.1, 0.15) is 0 Å². The van der Waals surface area contributed by atoms with Crippen molar-refractivity contribution in [2.75, 3.05) is 5.32 Å². The standard InChI is InChI=1S/C20H16ClN3O2S/c21-14-6-9-16-17(11-14)27-20(23-16)24-18(25)10-3-12-1-4-13(5-2-12)19(26)22-15-7-8-15/h1-6,9-11,15H,7-8H2,(H,22,26)(H,23,24,25)/b10-3+. The van der Waals surface area contributed by atoms with E-state index < -0.39 is 0 Å². The minimum atomic E-state index is -0.268. The Morgan fingerprint density at radius 2 is 1.93 bits per heavy atom. The van der Waals surface area contributed by atoms with Gasteiger partial charge in [-0.15, -0.1) is 0 Å². The van der Waals surface area contributed by atoms with E-state index in [9.17, 15) is 9.59 Å². The number of nitrogens with zero attached hydrogens (tertiary/aromatic N) is 1. The van der Waals surface area contributed by atoms with Gasteiger partial charge in [0.05, 0.1) is 10.2 Å². The van der Waals surface area contributed by atoms with Gasteiger partial charge in [0.15, 0.2) is 5.13 Å². The minimum absolute atomic E-state index is 0.0540. The van der Waals surface area contributed by atoms with Crippen LogP contribution in [0.1, 0.15) is 28.8 Å². The molecule has 7 heteroatoms. The smallest absolute Gasteiger partial charge is 0.251 e. The summed E-state index contributed by atoms with van der Waals surface area (Å²) in [6, 6.07) is 12.9. The van der Waals surface area contributed by atoms with Crippen molar-refractivity contribution in [3.63, 3.8) is 0 Å². The van der Waals surface area contributed by atoms with E-state index in [0.29, 0.717) is 21.8 Å². The molecule has 3 aromatic rings. The van der Waals surface area contributed by atoms with Crippen molar-refractivity contribution >= 4 is 56.2 Å². The number of hydrogen-bond donors (Lipinski definition) is 2. The fourth-order valence-electron chi connectivity index (χ4n) is 2.51. The predicted octanol–water partition coefficient (Wildman–Crippen LogP) is 4.49. The maximum absolute atomic E-state index is 12.1. The number of thiazole rings is 1. The van der Waals surface area contributed by atoms with Crippen molar-refractivity contribution in [1.29, 1.82) is 0 Å². The molecule has 1 aliphatic rings. The van der Waals surface area contributed by atoms with Crippen LogP contribution in [0, 0.1) is 0 Å². The summed E-state index contributed by atoms with van der Waals surface area (Å²) in [5.41, 5.74) is 2.25. The van der Waals surface area contributed by atoms with Gasteiger partial charge in [-0.2, -0.15) is 0 Å². The molecule has 2 N–H and O–H groups in total. The highest BCUT2D eigenvalue weighted by molar-refractivity contribution is 7.22. The number of aromatic nitrogens is 1. The number of benzene rings is 2. The SMILES string of the molecule is O=C(/C=C/c1ccc(C(=O)NC2CC2)cc1)Nc1nc2ccc(Cl)cc2s1. The number of amides is 2. The number of halogens is 1. The molecule has 5 nitrogen and oxygen atoms in total. The van der Waals surface area contributed by atoms with Gasteiger partial charge < -0.3 is 5.32 Å². The molecule has 1 saturated carbocycles. The van der Waals surface area contributed by atoms with Crippen LogP contribution in [0.5, 0.6) is 0 Å². The molecule has 0 radical (unpaired) electrons. The summed E-state index contributed by atoms with van der Waals surface area (Å²) in [7, 11) is 0. The van der Waals surface area contributed by atoms with Crippen LogP contribution in [0.2, 0.25) is 5.02 Å². The Bertz CT molecular complexity index is 1040. The first kappa shape index (κ1) is 17.7. The molecule has 0 spiro atoms. The van der Waals surface area contributed by atoms with Gasteiger partial charge in [-0.3, -0.25) is 14.9 Å². The van der Waals surface area contributed by atoms with E-state index in [1.807, 2.05) is 24.3 Å². The van der Waals surface area contributed by atoms with Gasteiger partial charge in [0.2, 0.25) is 5.91 Å². The molecule has 0 bridgehead atoms. The second-order valence-corrected chi connectivity index (χ2v) is 7.79. The van der Waals surface area contributed by atoms with E-state index in [2.05, 4.69) is 15.6 Å². The molecule has 1 aromatic heterocycles. The lowest BCUT2D eigenvalue weighted by atomic mass is 10.1. The number of carbonyl (C=O) groups is 2. The Morgan fingerprint density at radius 1 is 1.15 bits per heavy atom. The Hall–Kier alpha value is -2.70. The Balaban J connectivity index is 1.37. The van der Waals surface area contributed by atoms with Crippen LogP contribution in [0.15, 0.2) is 48.5 Å². The first-order chi connectivity index (χ1) is 13.1. The van der Waals surface area contributed by atoms with Gasteiger partial charge in [-0.05, 0) is 54.8 Å². The van der Waals surface area contributed by atoms with Crippen molar-refractivity contribution in [3.8, 4) is 0 Å². The zero-order valence-corrected chi connectivity index (χ0v) is 15.8. The summed E-state index contributed by atoms with van der Waals surface area (Å²) in [6.07, 6.45) is 5.26. The maximum Gasteiger partial charge on any atom is 0.251 e. The molecular formula is C20H16ClN3O2S. The fourth-order valence-corrected chi connectivity index (χ4v) is 3.66. The molecule has 0 atom stereocenters. The van der Waals surface area contributed by atoms with Gasteiger partial charge >= 0.3 is 0 Å². The summed E-state index contributed by atoms with van der Waals surface area (Å²) in [6.45, 7) is 0. The normalized spacial score (nSPS) is 13.8. The van der Waals surface area contributed by atoms with E-state index in [-0.39, 0.29) is 11.8 Å². The third-order valence-corrected chi connectivity index (χ3v) is 5.26. The zero-order chi connectivity index (χ0) is 18.8. The summed E-state index contributed by atoms with van der Waals surface area (Å²) in [4.78, 5) is 28.4. The molecule has 1 heterocycles. The van der Waals surface area contributed by atoms with Crippen LogP contribution in [0.25, 0.3) is 16.3 Å². The second-order valence-electron chi connectivity index (χ2n) is 6.32. The van der Waals surface area contributed by atoms with E-state index in [1.165, 1.54) is 17.4 Å². The van der Waals surface area contributed by atoms with Crippen molar-refractivity contribution in [1.82, 2.24) is 10.3 Å². The van der Waals surface area contributed by atoms with E-state index in [0.717, 1.165) is 28.6 Å². The van der Waals surface area contributed by atoms with Crippen LogP contribution >= 0.6 is 22.9 Å². The Kier molecular flexibility index (Phi) is 4.92. The lowest BCUT2D eigenvalue weighted by Crippen LogP contribution is -2.25. The zero-order valence-electron chi connectivity index (χ0n) is 14.2. The van der Waals surface area contributed by atoms with Crippen LogP contribution < -0.4 is 10.6 Å². The number of carbonyl (C=O) groups excluding carboxylic acids is 2. The summed E-state index contributed by atoms with van der Waals surface area (Å²) in [5, 5.41) is 6.86. The molecule has 136 valence electrons. The van der Waals surface area contributed by atoms with Crippen LogP contribution in [-0.4, -0.2) is 22.8 Å². The maximum atomic E-state index is 12.1. The van der Waals surface area contributed by atoms with Crippen LogP contribution in [-0.2, 0) is 4.79 Å². The molecule has 2 aromatic carbocycles. The highest BCUT2D eigenvalue weighted by atomic mass is 35.5. The molecule has 27 heavy (non-hydrogen) atoms. The van der Waals surface area contributed by atoms with E-state index >= 15 is 0 Å². The first-order valence-electron chi connectivity index (χ1n) is 8.53. The molecule has 4 rings (SSSR count). The third-order valence-electron chi connectivity index (χ3n) is 4.09. The summed E-state index contributed by atoms with van der Waals surface area (Å²) >= 11 is 7.34. The van der Waals surface area contributed by atoms with Crippen molar-refractivity contribution in [3.05, 3.63) is 64.7 Å². The summed E-state index contributed by atoms with van der Waals surface area (Å²) < 4.78 is 0.918. The number of hydrogen-bond acceptors (Lipinski definition) is 4. The largest absolute Gasteiger partial charge is 0.349 e. The van der Waals surface area contributed by atoms with Gasteiger partial charge in [0, 0.05) is 22.7 Å². The van der Waals surface area contributed by atoms with Gasteiger partial charge in [-0.25, -0.2) is 4.98 Å². The number of fused-ring (bicyclic) bond motifs is 1. The van der Waals surface area contributed by atoms with Crippen molar-refractivity contribution < 1.29 is 9.59 Å². The van der Waals surface area contributed by atoms with E-state index in [4.69, 9.17) is 11.6 Å². The molecular weight excluding hydrogens is 382 g/mol. The third kappa shape index (κ3) is 4.53. The molecule has 2 amide bonds. The highest BCUT2D eigenvalue weighted by Gasteiger charge is 2.23. The lowest BCUT2D eigenvalue weighted by molar-refractivity contribution is -0.111. The predicted molar refractivity (Wildman–Crippen MR) is 109 cm³/mol. The van der Waals surface area contributed by atoms with Gasteiger partial charge in [0.25, 0.3) is 5.91 Å². The fraction of sp³-hybridized carbons (Fsp3) is 0.150. The first-order valence-corrected chi connectivity index (χ1v) is 9.72. The Morgan fingerprint density at radius 3 is 2.67 bits per heavy atom. The molecule has 1 fully saturated rings. The average Bonchev–Trinajstić information content (AvgIpc) is 3.38. The average molecular weight is 398 g/mol. The second kappa shape index (κ2) is 7.50. The molecule has 0 unspecified atom stereocenters. The number of anilines is 1. The molecule has 1 aliphatic carbocycles. The van der Waals surface area contributed by atoms with E-state index in [1.54, 1.807) is 24.3 Å². The highest BCUT2D eigenvalue weighted by Crippen LogP contribution is 2.28. The minimum Gasteiger partial charge on any atom is -0.349 e. The van der Waals surface area contributed by atoms with Crippen molar-refractivity contribution in [2.24, 2.45) is 0 Å². The molecule has 0 aliphatic heterocycles. The Labute approximate surface area is 165 Å². The topological polar surface area (TPSA) is 71.1 Å². The monoisotopic (exact) mass is 397 g/mol. The number of nitrogens with one attached hydrogen (secondary N) is 2. The van der Waals surface area contributed by atoms with Crippen LogP contribution in [0.3, 0.4) is 0 Å². The van der Waals surface area contributed by atoms with Gasteiger partial charge in [-0.1, -0.05) is 35.1 Å². The lowest BCUT2D eigenvalue weighted by Gasteiger charge is -2.03. The van der Waals surface area contributed by atoms with Crippen LogP contribution in [0.4, 0.5) is 5.13 Å². The quantitative estimate of drug-likeness (QED) is 0.623. The molecule has 0 saturated heterocycles. The van der Waals surface area contributed by atoms with Crippen molar-refractivity contribution in [2.45, 2.75) is 18.9 Å². The number of rotatable bonds is 5.